The minimum atomic E-state index is -1.68. The fraction of sp³-hybridized carbons (Fsp3) is 0.571. The van der Waals surface area contributed by atoms with E-state index < -0.39 is 62.5 Å². The smallest absolute Gasteiger partial charge is 0.272 e. The molecule has 1 heterocycles. The summed E-state index contributed by atoms with van der Waals surface area (Å²) in [6, 6.07) is 0. The van der Waals surface area contributed by atoms with Crippen LogP contribution in [0, 0.1) is 0 Å². The number of hydrogen-bond donors (Lipinski definition) is 8. The molecule has 12 nitrogen and oxygen atoms in total. The van der Waals surface area contributed by atoms with Crippen molar-refractivity contribution < 1.29 is 40.2 Å². The number of carbonyl (C=O) groups excluding carboxylic acids is 2. The highest BCUT2D eigenvalue weighted by Crippen LogP contribution is 2.07. The Morgan fingerprint density at radius 2 is 1.04 bits per heavy atom. The summed E-state index contributed by atoms with van der Waals surface area (Å²) in [5, 5.41) is 59.7. The van der Waals surface area contributed by atoms with Gasteiger partial charge in [-0.1, -0.05) is 0 Å². The lowest BCUT2D eigenvalue weighted by molar-refractivity contribution is 0.0367. The maximum Gasteiger partial charge on any atom is 0.272 e. The van der Waals surface area contributed by atoms with Crippen LogP contribution in [-0.2, 0) is 0 Å². The number of amides is 2. The minimum absolute atomic E-state index is 0.347. The van der Waals surface area contributed by atoms with Crippen molar-refractivity contribution in [2.24, 2.45) is 0 Å². The van der Waals surface area contributed by atoms with E-state index in [-0.39, 0.29) is 11.4 Å². The van der Waals surface area contributed by atoms with E-state index in [2.05, 4.69) is 20.6 Å². The molecule has 0 bridgehead atoms. The van der Waals surface area contributed by atoms with Gasteiger partial charge in [-0.2, -0.15) is 0 Å². The molecule has 1 aromatic rings. The standard InChI is InChI=1S/C14H22N4O8/c19-3-13(4-20,5-21)17-11(25)9-1-15-2-10(16-9)12(26)18-14(6-22,7-23)8-24/h1-2,19-24H,3-8H2,(H,17,25)(H,18,26). The Labute approximate surface area is 148 Å². The average molecular weight is 374 g/mol. The Hall–Kier alpha value is -2.22. The molecule has 12 heteroatoms. The fourth-order valence-corrected chi connectivity index (χ4v) is 1.73. The van der Waals surface area contributed by atoms with Crippen molar-refractivity contribution in [1.29, 1.82) is 0 Å². The van der Waals surface area contributed by atoms with Crippen LogP contribution in [0.3, 0.4) is 0 Å². The second-order valence-electron chi connectivity index (χ2n) is 5.71. The van der Waals surface area contributed by atoms with Gasteiger partial charge in [-0.05, 0) is 0 Å². The Kier molecular flexibility index (Phi) is 7.95. The molecule has 0 saturated carbocycles. The number of aromatic nitrogens is 2. The van der Waals surface area contributed by atoms with Crippen molar-refractivity contribution in [1.82, 2.24) is 20.6 Å². The van der Waals surface area contributed by atoms with Crippen molar-refractivity contribution in [2.45, 2.75) is 11.1 Å². The third-order valence-electron chi connectivity index (χ3n) is 3.67. The third kappa shape index (κ3) is 4.91. The van der Waals surface area contributed by atoms with E-state index in [4.69, 9.17) is 0 Å². The van der Waals surface area contributed by atoms with Crippen LogP contribution in [0.25, 0.3) is 0 Å². The molecule has 0 spiro atoms. The molecule has 0 atom stereocenters. The van der Waals surface area contributed by atoms with E-state index >= 15 is 0 Å². The number of hydrogen-bond acceptors (Lipinski definition) is 10. The van der Waals surface area contributed by atoms with Crippen LogP contribution < -0.4 is 10.6 Å². The summed E-state index contributed by atoms with van der Waals surface area (Å²) in [4.78, 5) is 31.8. The number of carbonyl (C=O) groups is 2. The summed E-state index contributed by atoms with van der Waals surface area (Å²) in [6.07, 6.45) is 2.03. The zero-order chi connectivity index (χ0) is 19.8. The van der Waals surface area contributed by atoms with Crippen molar-refractivity contribution >= 4 is 11.8 Å². The second kappa shape index (κ2) is 9.47. The highest BCUT2D eigenvalue weighted by atomic mass is 16.3. The first kappa shape index (κ1) is 21.8. The molecule has 1 aromatic heterocycles. The number of nitrogens with one attached hydrogen (secondary N) is 2. The van der Waals surface area contributed by atoms with Crippen LogP contribution in [0.2, 0.25) is 0 Å². The first-order valence-electron chi connectivity index (χ1n) is 7.47. The van der Waals surface area contributed by atoms with E-state index in [0.717, 1.165) is 12.4 Å². The molecule has 8 N–H and O–H groups in total. The van der Waals surface area contributed by atoms with Crippen LogP contribution >= 0.6 is 0 Å². The zero-order valence-corrected chi connectivity index (χ0v) is 13.8. The maximum absolute atomic E-state index is 12.2. The first-order valence-corrected chi connectivity index (χ1v) is 7.47. The molecule has 0 aromatic carbocycles. The molecule has 0 aliphatic carbocycles. The molecule has 0 radical (unpaired) electrons. The van der Waals surface area contributed by atoms with E-state index in [0.29, 0.717) is 0 Å². The first-order chi connectivity index (χ1) is 12.3. The van der Waals surface area contributed by atoms with E-state index in [9.17, 15) is 40.2 Å². The molecule has 0 aliphatic heterocycles. The summed E-state index contributed by atoms with van der Waals surface area (Å²) in [5.74, 6) is -1.83. The highest BCUT2D eigenvalue weighted by molar-refractivity contribution is 5.96. The van der Waals surface area contributed by atoms with Gasteiger partial charge in [0, 0.05) is 0 Å². The molecule has 2 amide bonds. The Morgan fingerprint density at radius 1 is 0.731 bits per heavy atom. The van der Waals surface area contributed by atoms with Crippen molar-refractivity contribution in [3.63, 3.8) is 0 Å². The molecular weight excluding hydrogens is 352 g/mol. The molecule has 0 fully saturated rings. The van der Waals surface area contributed by atoms with Crippen molar-refractivity contribution in [3.05, 3.63) is 23.8 Å². The lowest BCUT2D eigenvalue weighted by Crippen LogP contribution is -2.57. The SMILES string of the molecule is O=C(NC(CO)(CO)CO)c1cncc(C(=O)NC(CO)(CO)CO)n1. The summed E-state index contributed by atoms with van der Waals surface area (Å²) >= 11 is 0. The number of aliphatic hydroxyl groups excluding tert-OH is 6. The normalized spacial score (nSPS) is 11.9. The van der Waals surface area contributed by atoms with Gasteiger partial charge >= 0.3 is 0 Å². The second-order valence-corrected chi connectivity index (χ2v) is 5.71. The Morgan fingerprint density at radius 3 is 1.31 bits per heavy atom. The molecular formula is C14H22N4O8. The summed E-state index contributed by atoms with van der Waals surface area (Å²) in [6.45, 7) is -4.47. The van der Waals surface area contributed by atoms with Gasteiger partial charge in [-0.3, -0.25) is 14.6 Å². The summed E-state index contributed by atoms with van der Waals surface area (Å²) in [7, 11) is 0. The molecule has 0 aliphatic rings. The Bertz CT molecular complexity index is 553. The van der Waals surface area contributed by atoms with Crippen molar-refractivity contribution in [2.75, 3.05) is 39.6 Å². The lowest BCUT2D eigenvalue weighted by atomic mass is 10.0. The topological polar surface area (TPSA) is 205 Å². The third-order valence-corrected chi connectivity index (χ3v) is 3.67. The predicted molar refractivity (Wildman–Crippen MR) is 84.9 cm³/mol. The van der Waals surface area contributed by atoms with Crippen LogP contribution in [0.15, 0.2) is 12.4 Å². The van der Waals surface area contributed by atoms with E-state index in [1.165, 1.54) is 0 Å². The zero-order valence-electron chi connectivity index (χ0n) is 13.8. The summed E-state index contributed by atoms with van der Waals surface area (Å²) in [5.41, 5.74) is -4.06. The quantitative estimate of drug-likeness (QED) is 0.196. The van der Waals surface area contributed by atoms with Gasteiger partial charge in [0.25, 0.3) is 11.8 Å². The van der Waals surface area contributed by atoms with Gasteiger partial charge < -0.3 is 41.3 Å². The van der Waals surface area contributed by atoms with Gasteiger partial charge in [0.1, 0.15) is 22.5 Å². The molecule has 26 heavy (non-hydrogen) atoms. The van der Waals surface area contributed by atoms with Gasteiger partial charge in [0.2, 0.25) is 0 Å². The number of nitrogens with zero attached hydrogens (tertiary/aromatic N) is 2. The lowest BCUT2D eigenvalue weighted by Gasteiger charge is -2.29. The monoisotopic (exact) mass is 374 g/mol. The summed E-state index contributed by atoms with van der Waals surface area (Å²) < 4.78 is 0. The largest absolute Gasteiger partial charge is 0.394 e. The minimum Gasteiger partial charge on any atom is -0.394 e. The van der Waals surface area contributed by atoms with E-state index in [1.807, 2.05) is 0 Å². The molecule has 0 saturated heterocycles. The predicted octanol–water partition coefficient (Wildman–Crippen LogP) is -4.63. The molecule has 146 valence electrons. The van der Waals surface area contributed by atoms with Crippen LogP contribution in [0.1, 0.15) is 21.0 Å². The van der Waals surface area contributed by atoms with Gasteiger partial charge in [0.15, 0.2) is 0 Å². The van der Waals surface area contributed by atoms with Crippen LogP contribution in [0.5, 0.6) is 0 Å². The molecule has 0 unspecified atom stereocenters. The van der Waals surface area contributed by atoms with E-state index in [1.54, 1.807) is 0 Å². The Balaban J connectivity index is 3.00. The van der Waals surface area contributed by atoms with Gasteiger partial charge in [-0.15, -0.1) is 0 Å². The van der Waals surface area contributed by atoms with Gasteiger partial charge in [-0.25, -0.2) is 4.98 Å². The average Bonchev–Trinajstić information content (AvgIpc) is 2.70. The number of rotatable bonds is 10. The van der Waals surface area contributed by atoms with Gasteiger partial charge in [0.05, 0.1) is 52.0 Å². The highest BCUT2D eigenvalue weighted by Gasteiger charge is 2.32. The number of aliphatic hydroxyl groups is 6. The maximum atomic E-state index is 12.2. The fourth-order valence-electron chi connectivity index (χ4n) is 1.73. The van der Waals surface area contributed by atoms with Crippen LogP contribution in [-0.4, -0.2) is 103 Å². The van der Waals surface area contributed by atoms with Crippen LogP contribution in [0.4, 0.5) is 0 Å². The van der Waals surface area contributed by atoms with Crippen molar-refractivity contribution in [3.8, 4) is 0 Å². The molecule has 1 rings (SSSR count).